The van der Waals surface area contributed by atoms with Crippen molar-refractivity contribution in [1.29, 1.82) is 0 Å². The van der Waals surface area contributed by atoms with E-state index in [1.165, 1.54) is 0 Å². The van der Waals surface area contributed by atoms with Gasteiger partial charge in [-0.25, -0.2) is 0 Å². The Balaban J connectivity index is 0.00000588. The first kappa shape index (κ1) is 45.6. The molecular weight excluding hydrogens is 855 g/mol. The predicted molar refractivity (Wildman–Crippen MR) is 153 cm³/mol. The summed E-state index contributed by atoms with van der Waals surface area (Å²) in [6.07, 6.45) is 0. The summed E-state index contributed by atoms with van der Waals surface area (Å²) in [6.45, 7) is 0. The van der Waals surface area contributed by atoms with Crippen molar-refractivity contribution in [2.45, 2.75) is 0 Å². The molecule has 21 heteroatoms. The van der Waals surface area contributed by atoms with Gasteiger partial charge in [-0.15, -0.1) is 11.6 Å². The number of hydrogen-bond donors (Lipinski definition) is 0. The summed E-state index contributed by atoms with van der Waals surface area (Å²) in [7, 11) is 0. The summed E-state index contributed by atoms with van der Waals surface area (Å²) in [5.41, 5.74) is -4.36. The molecule has 0 saturated heterocycles. The number of carbonyl (C=O) groups is 3. The van der Waals surface area contributed by atoms with Crippen LogP contribution in [0, 0.1) is 5.38 Å². The molecule has 0 N–H and O–H groups in total. The van der Waals surface area contributed by atoms with Gasteiger partial charge in [-0.05, 0) is 0 Å². The normalized spacial score (nSPS) is 13.3. The van der Waals surface area contributed by atoms with Crippen molar-refractivity contribution in [2.24, 2.45) is 0 Å². The molecule has 6 nitrogen and oxygen atoms in total. The van der Waals surface area contributed by atoms with E-state index < -0.39 is 118 Å². The van der Waals surface area contributed by atoms with Gasteiger partial charge in [-0.3, -0.25) is 0 Å². The van der Waals surface area contributed by atoms with Gasteiger partial charge < -0.3 is 29.7 Å². The molecule has 211 valence electrons. The van der Waals surface area contributed by atoms with Crippen LogP contribution in [0.25, 0.3) is 5.57 Å². The molecule has 0 atom stereocenters. The summed E-state index contributed by atoms with van der Waals surface area (Å²) in [4.78, 5) is 35.1. The molecule has 0 saturated carbocycles. The molecule has 1 aliphatic rings. The van der Waals surface area contributed by atoms with Gasteiger partial charge in [-0.1, -0.05) is 128 Å². The average molecular weight is 855 g/mol. The Kier molecular flexibility index (Phi) is 19.0. The third kappa shape index (κ3) is 8.30. The molecule has 0 fully saturated rings. The van der Waals surface area contributed by atoms with Crippen molar-refractivity contribution in [2.75, 3.05) is 0 Å². The molecule has 0 aromatic heterocycles. The van der Waals surface area contributed by atoms with Crippen molar-refractivity contribution >= 4 is 163 Å². The SMILES string of the molecule is O=C([O-])C1=C(Cl)[C](Cl)C(=C(c2c(Cl)c(Cl)c(C(=O)[O-])c(Cl)c2Cl)c2c(Cl)c(Cl)c(C(=O)[O-])c(Cl)c2Cl)C(Cl)=C1Cl.[Na+].[Na+].[Na+]. The van der Waals surface area contributed by atoms with Gasteiger partial charge in [-0.2, -0.15) is 0 Å². The maximum atomic E-state index is 11.7. The number of carbonyl (C=O) groups excluding carboxylic acids is 3. The molecule has 0 aliphatic heterocycles. The van der Waals surface area contributed by atoms with Crippen LogP contribution in [0.15, 0.2) is 26.2 Å². The van der Waals surface area contributed by atoms with Crippen LogP contribution in [0.4, 0.5) is 0 Å². The number of carboxylic acids is 3. The van der Waals surface area contributed by atoms with Crippen LogP contribution in [-0.2, 0) is 4.79 Å². The molecule has 2 aromatic rings. The van der Waals surface area contributed by atoms with E-state index >= 15 is 0 Å². The van der Waals surface area contributed by atoms with Crippen LogP contribution >= 0.6 is 139 Å². The first-order valence-corrected chi connectivity index (χ1v) is 14.0. The standard InChI is InChI=1S/C22H3Cl12O6.3Na/c23-8-2(9(24)15(30)5(14(8)29)20(35)36)1(3-10(25)16(31)6(21(37)38)17(32)11(3)26)4-12(27)18(33)7(22(39)40)19(34)13(4)28;;;/h(H,35,36)(H,37,38)(H,39,40);;;/q;3*+1/p-3. The van der Waals surface area contributed by atoms with Crippen molar-refractivity contribution in [3.8, 4) is 0 Å². The van der Waals surface area contributed by atoms with E-state index in [2.05, 4.69) is 0 Å². The fourth-order valence-electron chi connectivity index (χ4n) is 3.47. The van der Waals surface area contributed by atoms with Crippen LogP contribution in [0.5, 0.6) is 0 Å². The molecule has 1 radical (unpaired) electrons. The van der Waals surface area contributed by atoms with Crippen molar-refractivity contribution in [3.05, 3.63) is 94.1 Å². The Bertz CT molecular complexity index is 1530. The summed E-state index contributed by atoms with van der Waals surface area (Å²) in [5, 5.41) is 27.1. The number of carboxylic acid groups (broad SMARTS) is 3. The molecule has 43 heavy (non-hydrogen) atoms. The third-order valence-corrected chi connectivity index (χ3v) is 10.3. The number of aliphatic carboxylic acids is 1. The zero-order chi connectivity index (χ0) is 30.7. The third-order valence-electron chi connectivity index (χ3n) is 5.15. The summed E-state index contributed by atoms with van der Waals surface area (Å²) in [5.74, 6) is -5.60. The number of aromatic carboxylic acids is 2. The zero-order valence-electron chi connectivity index (χ0n) is 21.0. The molecule has 0 spiro atoms. The van der Waals surface area contributed by atoms with Crippen LogP contribution in [0.1, 0.15) is 31.8 Å². The van der Waals surface area contributed by atoms with Crippen LogP contribution in [0.2, 0.25) is 40.2 Å². The van der Waals surface area contributed by atoms with Gasteiger partial charge in [0.05, 0.1) is 73.2 Å². The van der Waals surface area contributed by atoms with Gasteiger partial charge in [0, 0.05) is 39.0 Å². The van der Waals surface area contributed by atoms with Gasteiger partial charge in [0.15, 0.2) is 0 Å². The van der Waals surface area contributed by atoms with E-state index in [1.54, 1.807) is 0 Å². The minimum Gasteiger partial charge on any atom is -0.545 e. The van der Waals surface area contributed by atoms with Gasteiger partial charge >= 0.3 is 88.7 Å². The second kappa shape index (κ2) is 18.0. The molecule has 2 aromatic carbocycles. The number of halogens is 12. The van der Waals surface area contributed by atoms with Gasteiger partial charge in [0.1, 0.15) is 5.38 Å². The Morgan fingerprint density at radius 3 is 0.930 bits per heavy atom. The predicted octanol–water partition coefficient (Wildman–Crippen LogP) is -1.83. The molecule has 0 amide bonds. The van der Waals surface area contributed by atoms with E-state index in [1.807, 2.05) is 0 Å². The maximum absolute atomic E-state index is 11.7. The summed E-state index contributed by atoms with van der Waals surface area (Å²) >= 11 is 75.8. The van der Waals surface area contributed by atoms with Crippen molar-refractivity contribution in [3.63, 3.8) is 0 Å². The number of benzene rings is 2. The smallest absolute Gasteiger partial charge is 0.545 e. The monoisotopic (exact) mass is 849 g/mol. The minimum atomic E-state index is -1.87. The van der Waals surface area contributed by atoms with E-state index in [0.717, 1.165) is 0 Å². The molecule has 0 bridgehead atoms. The fraction of sp³-hybridized carbons (Fsp3) is 0. The first-order chi connectivity index (χ1) is 18.4. The van der Waals surface area contributed by atoms with E-state index in [0.29, 0.717) is 0 Å². The largest absolute Gasteiger partial charge is 1.00 e. The summed E-state index contributed by atoms with van der Waals surface area (Å²) in [6, 6.07) is 0. The van der Waals surface area contributed by atoms with Crippen LogP contribution in [-0.4, -0.2) is 17.9 Å². The van der Waals surface area contributed by atoms with E-state index in [9.17, 15) is 29.7 Å². The van der Waals surface area contributed by atoms with Crippen LogP contribution in [0.3, 0.4) is 0 Å². The number of allylic oxidation sites excluding steroid dienone is 3. The van der Waals surface area contributed by atoms with E-state index in [-0.39, 0.29) is 88.7 Å². The molecule has 3 rings (SSSR count). The second-order valence-electron chi connectivity index (χ2n) is 7.26. The molecule has 0 heterocycles. The Labute approximate surface area is 369 Å². The zero-order valence-corrected chi connectivity index (χ0v) is 36.1. The topological polar surface area (TPSA) is 120 Å². The number of hydrogen-bond acceptors (Lipinski definition) is 6. The molecule has 0 unspecified atom stereocenters. The molecule has 1 aliphatic carbocycles. The second-order valence-corrected chi connectivity index (χ2v) is 11.8. The van der Waals surface area contributed by atoms with Crippen molar-refractivity contribution < 1.29 is 118 Å². The van der Waals surface area contributed by atoms with Crippen molar-refractivity contribution in [1.82, 2.24) is 0 Å². The molecular formula is C22Cl12Na3O6. The summed E-state index contributed by atoms with van der Waals surface area (Å²) < 4.78 is 0. The van der Waals surface area contributed by atoms with Gasteiger partial charge in [0.25, 0.3) is 0 Å². The Hall–Kier alpha value is 2.55. The van der Waals surface area contributed by atoms with Crippen LogP contribution < -0.4 is 104 Å². The maximum Gasteiger partial charge on any atom is 1.00 e. The average Bonchev–Trinajstić information content (AvgIpc) is 2.85. The Morgan fingerprint density at radius 1 is 0.395 bits per heavy atom. The quantitative estimate of drug-likeness (QED) is 0.258. The Morgan fingerprint density at radius 2 is 0.674 bits per heavy atom. The van der Waals surface area contributed by atoms with E-state index in [4.69, 9.17) is 139 Å². The minimum absolute atomic E-state index is 0. The fourth-order valence-corrected chi connectivity index (χ4v) is 7.05. The number of rotatable bonds is 5. The first-order valence-electron chi connectivity index (χ1n) is 9.49. The van der Waals surface area contributed by atoms with Gasteiger partial charge in [0.2, 0.25) is 0 Å².